The Kier molecular flexibility index (Phi) is 3.99. The van der Waals surface area contributed by atoms with Crippen LogP contribution in [0.1, 0.15) is 34.7 Å². The number of nitrogens with zero attached hydrogens (tertiary/aromatic N) is 3. The van der Waals surface area contributed by atoms with E-state index in [2.05, 4.69) is 5.16 Å². The fourth-order valence-corrected chi connectivity index (χ4v) is 4.49. The first-order chi connectivity index (χ1) is 13.6. The SMILES string of the molecule is Cc1cc(CC(=O)N2CC[C@H]3[C@@H]2CCN3C(=O)c2ccc3c(c2)OCO3)on1. The highest BCUT2D eigenvalue weighted by Crippen LogP contribution is 2.36. The largest absolute Gasteiger partial charge is 0.454 e. The predicted molar refractivity (Wildman–Crippen MR) is 97.1 cm³/mol. The molecule has 0 unspecified atom stereocenters. The van der Waals surface area contributed by atoms with Crippen LogP contribution in [0.25, 0.3) is 0 Å². The minimum Gasteiger partial charge on any atom is -0.454 e. The molecule has 8 nitrogen and oxygen atoms in total. The first kappa shape index (κ1) is 17.1. The standard InChI is InChI=1S/C20H21N3O5/c1-12-8-14(28-21-12)10-19(24)22-6-4-16-15(22)5-7-23(16)20(25)13-2-3-17-18(9-13)27-11-26-17/h2-3,8-9,15-16H,4-7,10-11H2,1H3/t15-,16-/m0/s1. The normalized spacial score (nSPS) is 22.6. The second-order valence-corrected chi connectivity index (χ2v) is 7.48. The van der Waals surface area contributed by atoms with Crippen LogP contribution in [0, 0.1) is 6.92 Å². The molecule has 8 heteroatoms. The lowest BCUT2D eigenvalue weighted by atomic mass is 10.1. The maximum Gasteiger partial charge on any atom is 0.254 e. The van der Waals surface area contributed by atoms with Crippen LogP contribution in [0.2, 0.25) is 0 Å². The van der Waals surface area contributed by atoms with Gasteiger partial charge in [0.15, 0.2) is 11.5 Å². The zero-order chi connectivity index (χ0) is 19.3. The summed E-state index contributed by atoms with van der Waals surface area (Å²) < 4.78 is 15.9. The summed E-state index contributed by atoms with van der Waals surface area (Å²) in [5.74, 6) is 1.85. The first-order valence-electron chi connectivity index (χ1n) is 9.52. The molecule has 0 saturated carbocycles. The van der Waals surface area contributed by atoms with Crippen LogP contribution in [0.3, 0.4) is 0 Å². The van der Waals surface area contributed by atoms with E-state index in [4.69, 9.17) is 14.0 Å². The smallest absolute Gasteiger partial charge is 0.254 e. The molecule has 4 heterocycles. The number of carbonyl (C=O) groups excluding carboxylic acids is 2. The third-order valence-electron chi connectivity index (χ3n) is 5.78. The van der Waals surface area contributed by atoms with Crippen molar-refractivity contribution >= 4 is 11.8 Å². The molecule has 2 amide bonds. The highest BCUT2D eigenvalue weighted by Gasteiger charge is 2.46. The summed E-state index contributed by atoms with van der Waals surface area (Å²) in [7, 11) is 0. The summed E-state index contributed by atoms with van der Waals surface area (Å²) in [6.07, 6.45) is 1.80. The minimum absolute atomic E-state index is 0.0223. The monoisotopic (exact) mass is 383 g/mol. The zero-order valence-electron chi connectivity index (χ0n) is 15.6. The molecule has 0 aliphatic carbocycles. The molecule has 146 valence electrons. The fourth-order valence-electron chi connectivity index (χ4n) is 4.49. The van der Waals surface area contributed by atoms with Crippen molar-refractivity contribution in [2.45, 2.75) is 38.3 Å². The third kappa shape index (κ3) is 2.80. The Morgan fingerprint density at radius 3 is 2.61 bits per heavy atom. The number of rotatable bonds is 3. The molecule has 2 atom stereocenters. The van der Waals surface area contributed by atoms with Gasteiger partial charge in [0, 0.05) is 24.7 Å². The van der Waals surface area contributed by atoms with E-state index in [0.29, 0.717) is 35.9 Å². The van der Waals surface area contributed by atoms with Gasteiger partial charge in [-0.05, 0) is 38.0 Å². The molecular weight excluding hydrogens is 362 g/mol. The number of fused-ring (bicyclic) bond motifs is 2. The minimum atomic E-state index is -0.0223. The number of carbonyl (C=O) groups is 2. The second-order valence-electron chi connectivity index (χ2n) is 7.48. The van der Waals surface area contributed by atoms with Crippen molar-refractivity contribution in [3.05, 3.63) is 41.3 Å². The third-order valence-corrected chi connectivity index (χ3v) is 5.78. The van der Waals surface area contributed by atoms with Crippen molar-refractivity contribution in [3.8, 4) is 11.5 Å². The highest BCUT2D eigenvalue weighted by molar-refractivity contribution is 5.95. The van der Waals surface area contributed by atoms with Crippen molar-refractivity contribution < 1.29 is 23.6 Å². The van der Waals surface area contributed by atoms with Crippen molar-refractivity contribution in [1.29, 1.82) is 0 Å². The topological polar surface area (TPSA) is 85.1 Å². The van der Waals surface area contributed by atoms with Gasteiger partial charge in [0.05, 0.1) is 24.2 Å². The summed E-state index contributed by atoms with van der Waals surface area (Å²) in [6, 6.07) is 7.19. The van der Waals surface area contributed by atoms with Crippen molar-refractivity contribution in [3.63, 3.8) is 0 Å². The molecular formula is C20H21N3O5. The highest BCUT2D eigenvalue weighted by atomic mass is 16.7. The molecule has 1 aromatic heterocycles. The number of benzene rings is 1. The molecule has 2 saturated heterocycles. The van der Waals surface area contributed by atoms with E-state index in [0.717, 1.165) is 18.5 Å². The number of ether oxygens (including phenoxy) is 2. The maximum atomic E-state index is 13.1. The van der Waals surface area contributed by atoms with E-state index in [1.54, 1.807) is 24.3 Å². The molecule has 28 heavy (non-hydrogen) atoms. The molecule has 0 bridgehead atoms. The first-order valence-corrected chi connectivity index (χ1v) is 9.52. The maximum absolute atomic E-state index is 13.1. The summed E-state index contributed by atoms with van der Waals surface area (Å²) in [5, 5.41) is 3.84. The Balaban J connectivity index is 1.28. The lowest BCUT2D eigenvalue weighted by Gasteiger charge is -2.25. The Bertz CT molecular complexity index is 940. The van der Waals surface area contributed by atoms with Crippen LogP contribution < -0.4 is 9.47 Å². The molecule has 3 aliphatic rings. The van der Waals surface area contributed by atoms with Gasteiger partial charge in [-0.15, -0.1) is 0 Å². The van der Waals surface area contributed by atoms with Crippen LogP contribution in [0.5, 0.6) is 11.5 Å². The van der Waals surface area contributed by atoms with Gasteiger partial charge in [-0.3, -0.25) is 9.59 Å². The van der Waals surface area contributed by atoms with Crippen LogP contribution in [-0.4, -0.2) is 58.7 Å². The van der Waals surface area contributed by atoms with Crippen molar-refractivity contribution in [2.24, 2.45) is 0 Å². The molecule has 0 N–H and O–H groups in total. The van der Waals surface area contributed by atoms with E-state index < -0.39 is 0 Å². The molecule has 2 aromatic rings. The average molecular weight is 383 g/mol. The fraction of sp³-hybridized carbons (Fsp3) is 0.450. The summed E-state index contributed by atoms with van der Waals surface area (Å²) in [4.78, 5) is 29.6. The summed E-state index contributed by atoms with van der Waals surface area (Å²) in [6.45, 7) is 3.32. The van der Waals surface area contributed by atoms with Gasteiger partial charge in [-0.1, -0.05) is 5.16 Å². The van der Waals surface area contributed by atoms with E-state index in [1.165, 1.54) is 0 Å². The van der Waals surface area contributed by atoms with Crippen molar-refractivity contribution in [1.82, 2.24) is 15.0 Å². The molecule has 0 radical (unpaired) electrons. The van der Waals surface area contributed by atoms with Gasteiger partial charge >= 0.3 is 0 Å². The zero-order valence-corrected chi connectivity index (χ0v) is 15.6. The number of hydrogen-bond acceptors (Lipinski definition) is 6. The molecule has 5 rings (SSSR count). The van der Waals surface area contributed by atoms with E-state index in [-0.39, 0.29) is 37.1 Å². The molecule has 0 spiro atoms. The van der Waals surface area contributed by atoms with Gasteiger partial charge in [0.25, 0.3) is 5.91 Å². The average Bonchev–Trinajstić information content (AvgIpc) is 3.44. The Morgan fingerprint density at radius 1 is 1.07 bits per heavy atom. The van der Waals surface area contributed by atoms with Gasteiger partial charge in [-0.25, -0.2) is 0 Å². The lowest BCUT2D eigenvalue weighted by Crippen LogP contribution is -2.42. The second kappa shape index (κ2) is 6.54. The van der Waals surface area contributed by atoms with Gasteiger partial charge < -0.3 is 23.8 Å². The number of hydrogen-bond donors (Lipinski definition) is 0. The Labute approximate surface area is 162 Å². The van der Waals surface area contributed by atoms with Crippen molar-refractivity contribution in [2.75, 3.05) is 19.9 Å². The Hall–Kier alpha value is -3.03. The predicted octanol–water partition coefficient (Wildman–Crippen LogP) is 1.77. The van der Waals surface area contributed by atoms with E-state index >= 15 is 0 Å². The quantitative estimate of drug-likeness (QED) is 0.803. The molecule has 2 fully saturated rings. The summed E-state index contributed by atoms with van der Waals surface area (Å²) in [5.41, 5.74) is 1.36. The van der Waals surface area contributed by atoms with Gasteiger partial charge in [0.1, 0.15) is 5.76 Å². The lowest BCUT2D eigenvalue weighted by molar-refractivity contribution is -0.131. The number of likely N-dealkylation sites (tertiary alicyclic amines) is 2. The summed E-state index contributed by atoms with van der Waals surface area (Å²) >= 11 is 0. The van der Waals surface area contributed by atoms with E-state index in [1.807, 2.05) is 16.7 Å². The number of aryl methyl sites for hydroxylation is 1. The molecule has 3 aliphatic heterocycles. The van der Waals surface area contributed by atoms with Gasteiger partial charge in [0.2, 0.25) is 12.7 Å². The Morgan fingerprint density at radius 2 is 1.82 bits per heavy atom. The van der Waals surface area contributed by atoms with Gasteiger partial charge in [-0.2, -0.15) is 0 Å². The van der Waals surface area contributed by atoms with E-state index in [9.17, 15) is 9.59 Å². The molecule has 1 aromatic carbocycles. The van der Waals surface area contributed by atoms with Crippen LogP contribution in [-0.2, 0) is 11.2 Å². The number of amides is 2. The van der Waals surface area contributed by atoms with Crippen LogP contribution >= 0.6 is 0 Å². The number of aromatic nitrogens is 1. The van der Waals surface area contributed by atoms with Crippen LogP contribution in [0.15, 0.2) is 28.8 Å². The van der Waals surface area contributed by atoms with Crippen LogP contribution in [0.4, 0.5) is 0 Å².